The molecular formula is C14H20ClN3. The van der Waals surface area contributed by atoms with E-state index in [1.165, 1.54) is 6.42 Å². The maximum absolute atomic E-state index is 6.02. The van der Waals surface area contributed by atoms with Gasteiger partial charge in [0.15, 0.2) is 0 Å². The van der Waals surface area contributed by atoms with Crippen LogP contribution in [0.2, 0.25) is 5.02 Å². The van der Waals surface area contributed by atoms with Crippen molar-refractivity contribution in [2.75, 3.05) is 5.73 Å². The third-order valence-electron chi connectivity index (χ3n) is 3.28. The lowest BCUT2D eigenvalue weighted by molar-refractivity contribution is 0.450. The highest BCUT2D eigenvalue weighted by molar-refractivity contribution is 6.31. The maximum Gasteiger partial charge on any atom is 0.201 e. The van der Waals surface area contributed by atoms with Crippen LogP contribution in [0, 0.1) is 5.92 Å². The van der Waals surface area contributed by atoms with Crippen LogP contribution in [0.1, 0.15) is 39.7 Å². The highest BCUT2D eigenvalue weighted by Gasteiger charge is 2.14. The second-order valence-corrected chi connectivity index (χ2v) is 5.73. The van der Waals surface area contributed by atoms with Crippen molar-refractivity contribution in [1.29, 1.82) is 0 Å². The molecule has 1 aromatic heterocycles. The molecule has 4 heteroatoms. The fourth-order valence-corrected chi connectivity index (χ4v) is 2.42. The van der Waals surface area contributed by atoms with Crippen molar-refractivity contribution in [2.24, 2.45) is 5.92 Å². The molecular weight excluding hydrogens is 246 g/mol. The summed E-state index contributed by atoms with van der Waals surface area (Å²) in [6.07, 6.45) is 2.30. The number of hydrogen-bond acceptors (Lipinski definition) is 2. The normalized spacial score (nSPS) is 13.4. The van der Waals surface area contributed by atoms with Crippen molar-refractivity contribution in [1.82, 2.24) is 9.55 Å². The van der Waals surface area contributed by atoms with E-state index in [0.29, 0.717) is 22.9 Å². The lowest BCUT2D eigenvalue weighted by Gasteiger charge is -2.17. The zero-order valence-electron chi connectivity index (χ0n) is 11.2. The van der Waals surface area contributed by atoms with E-state index in [-0.39, 0.29) is 0 Å². The molecule has 1 unspecified atom stereocenters. The molecule has 2 rings (SSSR count). The van der Waals surface area contributed by atoms with Crippen molar-refractivity contribution in [3.63, 3.8) is 0 Å². The van der Waals surface area contributed by atoms with Gasteiger partial charge in [-0.15, -0.1) is 0 Å². The fourth-order valence-electron chi connectivity index (χ4n) is 2.26. The molecule has 0 amide bonds. The van der Waals surface area contributed by atoms with E-state index < -0.39 is 0 Å². The summed E-state index contributed by atoms with van der Waals surface area (Å²) < 4.78 is 2.11. The van der Waals surface area contributed by atoms with E-state index in [0.717, 1.165) is 17.5 Å². The molecule has 1 atom stereocenters. The SMILES string of the molecule is CC(C)CCC(C)n1c(N)nc2cc(Cl)ccc21. The number of rotatable bonds is 4. The Bertz CT molecular complexity index is 545. The number of nitrogen functional groups attached to an aromatic ring is 1. The molecule has 0 radical (unpaired) electrons. The number of fused-ring (bicyclic) bond motifs is 1. The molecule has 0 spiro atoms. The smallest absolute Gasteiger partial charge is 0.201 e. The molecule has 2 N–H and O–H groups in total. The van der Waals surface area contributed by atoms with E-state index in [1.54, 1.807) is 0 Å². The number of imidazole rings is 1. The Morgan fingerprint density at radius 2 is 2.00 bits per heavy atom. The fraction of sp³-hybridized carbons (Fsp3) is 0.500. The third kappa shape index (κ3) is 2.61. The Hall–Kier alpha value is -1.22. The largest absolute Gasteiger partial charge is 0.369 e. The van der Waals surface area contributed by atoms with Crippen molar-refractivity contribution in [3.8, 4) is 0 Å². The second kappa shape index (κ2) is 5.19. The lowest BCUT2D eigenvalue weighted by atomic mass is 10.0. The Morgan fingerprint density at radius 3 is 2.67 bits per heavy atom. The van der Waals surface area contributed by atoms with Gasteiger partial charge in [0.05, 0.1) is 11.0 Å². The number of nitrogens with two attached hydrogens (primary N) is 1. The molecule has 0 aliphatic rings. The monoisotopic (exact) mass is 265 g/mol. The summed E-state index contributed by atoms with van der Waals surface area (Å²) in [5.74, 6) is 1.28. The summed E-state index contributed by atoms with van der Waals surface area (Å²) in [5, 5.41) is 0.696. The second-order valence-electron chi connectivity index (χ2n) is 5.29. The molecule has 3 nitrogen and oxygen atoms in total. The van der Waals surface area contributed by atoms with Crippen LogP contribution in [-0.2, 0) is 0 Å². The highest BCUT2D eigenvalue weighted by Crippen LogP contribution is 2.27. The van der Waals surface area contributed by atoms with E-state index in [2.05, 4.69) is 30.3 Å². The molecule has 1 heterocycles. The van der Waals surface area contributed by atoms with E-state index in [1.807, 2.05) is 18.2 Å². The van der Waals surface area contributed by atoms with Crippen LogP contribution >= 0.6 is 11.6 Å². The van der Waals surface area contributed by atoms with Gasteiger partial charge in [0.2, 0.25) is 5.95 Å². The maximum atomic E-state index is 6.02. The molecule has 0 saturated carbocycles. The topological polar surface area (TPSA) is 43.8 Å². The molecule has 0 aliphatic heterocycles. The Balaban J connectivity index is 2.34. The van der Waals surface area contributed by atoms with E-state index in [9.17, 15) is 0 Å². The van der Waals surface area contributed by atoms with Gasteiger partial charge in [0.25, 0.3) is 0 Å². The average molecular weight is 266 g/mol. The molecule has 18 heavy (non-hydrogen) atoms. The van der Waals surface area contributed by atoms with Gasteiger partial charge in [0, 0.05) is 11.1 Å². The molecule has 98 valence electrons. The standard InChI is InChI=1S/C14H20ClN3/c1-9(2)4-5-10(3)18-13-7-6-11(15)8-12(13)17-14(18)16/h6-10H,4-5H2,1-3H3,(H2,16,17). The summed E-state index contributed by atoms with van der Waals surface area (Å²) in [6.45, 7) is 6.66. The predicted octanol–water partition coefficient (Wildman–Crippen LogP) is 4.27. The van der Waals surface area contributed by atoms with Gasteiger partial charge in [-0.1, -0.05) is 25.4 Å². The summed E-state index contributed by atoms with van der Waals surface area (Å²) in [7, 11) is 0. The summed E-state index contributed by atoms with van der Waals surface area (Å²) in [4.78, 5) is 4.38. The van der Waals surface area contributed by atoms with E-state index in [4.69, 9.17) is 17.3 Å². The van der Waals surface area contributed by atoms with Gasteiger partial charge >= 0.3 is 0 Å². The van der Waals surface area contributed by atoms with Crippen molar-refractivity contribution in [3.05, 3.63) is 23.2 Å². The zero-order valence-corrected chi connectivity index (χ0v) is 11.9. The van der Waals surface area contributed by atoms with Crippen LogP contribution < -0.4 is 5.73 Å². The van der Waals surface area contributed by atoms with Gasteiger partial charge < -0.3 is 10.3 Å². The number of nitrogens with zero attached hydrogens (tertiary/aromatic N) is 2. The Morgan fingerprint density at radius 1 is 1.28 bits per heavy atom. The summed E-state index contributed by atoms with van der Waals surface area (Å²) >= 11 is 5.97. The van der Waals surface area contributed by atoms with Gasteiger partial charge in [-0.05, 0) is 43.9 Å². The molecule has 1 aromatic carbocycles. The summed E-state index contributed by atoms with van der Waals surface area (Å²) in [5.41, 5.74) is 7.95. The van der Waals surface area contributed by atoms with Crippen LogP contribution in [-0.4, -0.2) is 9.55 Å². The Kier molecular flexibility index (Phi) is 3.81. The van der Waals surface area contributed by atoms with Gasteiger partial charge in [0.1, 0.15) is 0 Å². The number of anilines is 1. The van der Waals surface area contributed by atoms with Crippen molar-refractivity contribution < 1.29 is 0 Å². The Labute approximate surface area is 113 Å². The van der Waals surface area contributed by atoms with Crippen LogP contribution in [0.25, 0.3) is 11.0 Å². The molecule has 2 aromatic rings. The van der Waals surface area contributed by atoms with Gasteiger partial charge in [-0.3, -0.25) is 0 Å². The zero-order chi connectivity index (χ0) is 13.3. The number of aromatic nitrogens is 2. The third-order valence-corrected chi connectivity index (χ3v) is 3.52. The molecule has 0 fully saturated rings. The lowest BCUT2D eigenvalue weighted by Crippen LogP contribution is -2.09. The minimum Gasteiger partial charge on any atom is -0.369 e. The summed E-state index contributed by atoms with van der Waals surface area (Å²) in [6, 6.07) is 6.10. The average Bonchev–Trinajstić information content (AvgIpc) is 2.61. The van der Waals surface area contributed by atoms with Gasteiger partial charge in [-0.25, -0.2) is 4.98 Å². The van der Waals surface area contributed by atoms with E-state index >= 15 is 0 Å². The first-order valence-corrected chi connectivity index (χ1v) is 6.79. The van der Waals surface area contributed by atoms with Crippen LogP contribution in [0.4, 0.5) is 5.95 Å². The highest BCUT2D eigenvalue weighted by atomic mass is 35.5. The van der Waals surface area contributed by atoms with Crippen LogP contribution in [0.15, 0.2) is 18.2 Å². The first kappa shape index (κ1) is 13.2. The first-order chi connectivity index (χ1) is 8.49. The van der Waals surface area contributed by atoms with Crippen LogP contribution in [0.5, 0.6) is 0 Å². The molecule has 0 saturated heterocycles. The molecule has 0 aliphatic carbocycles. The number of halogens is 1. The minimum atomic E-state index is 0.360. The first-order valence-electron chi connectivity index (χ1n) is 6.42. The van der Waals surface area contributed by atoms with Crippen molar-refractivity contribution in [2.45, 2.75) is 39.7 Å². The number of hydrogen-bond donors (Lipinski definition) is 1. The predicted molar refractivity (Wildman–Crippen MR) is 77.9 cm³/mol. The minimum absolute atomic E-state index is 0.360. The number of benzene rings is 1. The quantitative estimate of drug-likeness (QED) is 0.897. The van der Waals surface area contributed by atoms with Gasteiger partial charge in [-0.2, -0.15) is 0 Å². The van der Waals surface area contributed by atoms with Crippen molar-refractivity contribution >= 4 is 28.6 Å². The molecule has 0 bridgehead atoms. The van der Waals surface area contributed by atoms with Crippen LogP contribution in [0.3, 0.4) is 0 Å².